The lowest BCUT2D eigenvalue weighted by Gasteiger charge is -2.40. The molecule has 0 aliphatic heterocycles. The second-order valence-electron chi connectivity index (χ2n) is 5.95. The van der Waals surface area contributed by atoms with Crippen LogP contribution in [0.2, 0.25) is 0 Å². The Morgan fingerprint density at radius 1 is 0.913 bits per heavy atom. The van der Waals surface area contributed by atoms with Crippen molar-refractivity contribution in [3.63, 3.8) is 0 Å². The number of hydrogen-bond acceptors (Lipinski definition) is 4. The Kier molecular flexibility index (Phi) is 13.7. The van der Waals surface area contributed by atoms with Crippen LogP contribution in [0.25, 0.3) is 0 Å². The van der Waals surface area contributed by atoms with Crippen LogP contribution >= 0.6 is 0 Å². The van der Waals surface area contributed by atoms with E-state index in [1.807, 2.05) is 0 Å². The molecule has 0 saturated heterocycles. The van der Waals surface area contributed by atoms with Gasteiger partial charge in [0.15, 0.2) is 0 Å². The molecule has 0 radical (unpaired) electrons. The van der Waals surface area contributed by atoms with Gasteiger partial charge in [0.05, 0.1) is 18.6 Å². The summed E-state index contributed by atoms with van der Waals surface area (Å²) in [6.07, 6.45) is 11.2. The largest absolute Gasteiger partial charge is 0.374 e. The summed E-state index contributed by atoms with van der Waals surface area (Å²) >= 11 is 0. The van der Waals surface area contributed by atoms with Crippen molar-refractivity contribution >= 4 is 0 Å². The SMILES string of the molecule is C=CCOC(CC)C(CCCCCCCC)C(OC)(OC)OC. The van der Waals surface area contributed by atoms with E-state index in [0.717, 1.165) is 19.3 Å². The van der Waals surface area contributed by atoms with E-state index in [-0.39, 0.29) is 12.0 Å². The van der Waals surface area contributed by atoms with Crippen molar-refractivity contribution in [2.75, 3.05) is 27.9 Å². The minimum atomic E-state index is -1.05. The average Bonchev–Trinajstić information content (AvgIpc) is 2.59. The second-order valence-corrected chi connectivity index (χ2v) is 5.95. The van der Waals surface area contributed by atoms with Crippen LogP contribution in [0.3, 0.4) is 0 Å². The highest BCUT2D eigenvalue weighted by atomic mass is 16.9. The van der Waals surface area contributed by atoms with Crippen molar-refractivity contribution in [3.8, 4) is 0 Å². The highest BCUT2D eigenvalue weighted by molar-refractivity contribution is 4.80. The molecule has 0 fully saturated rings. The molecule has 4 heteroatoms. The molecule has 0 aromatic carbocycles. The maximum atomic E-state index is 5.95. The third kappa shape index (κ3) is 7.79. The predicted octanol–water partition coefficient (Wildman–Crippen LogP) is 4.93. The highest BCUT2D eigenvalue weighted by Gasteiger charge is 2.44. The Morgan fingerprint density at radius 3 is 1.96 bits per heavy atom. The Balaban J connectivity index is 4.80. The van der Waals surface area contributed by atoms with E-state index in [9.17, 15) is 0 Å². The van der Waals surface area contributed by atoms with Gasteiger partial charge in [-0.05, 0) is 12.8 Å². The smallest absolute Gasteiger partial charge is 0.287 e. The fourth-order valence-corrected chi connectivity index (χ4v) is 3.15. The molecule has 2 unspecified atom stereocenters. The first-order valence-electron chi connectivity index (χ1n) is 9.03. The third-order valence-electron chi connectivity index (χ3n) is 4.46. The van der Waals surface area contributed by atoms with Crippen LogP contribution in [0.15, 0.2) is 12.7 Å². The summed E-state index contributed by atoms with van der Waals surface area (Å²) in [7, 11) is 4.88. The lowest BCUT2D eigenvalue weighted by Crippen LogP contribution is -2.49. The summed E-state index contributed by atoms with van der Waals surface area (Å²) in [5.74, 6) is -1.02. The Bertz CT molecular complexity index is 268. The van der Waals surface area contributed by atoms with Gasteiger partial charge < -0.3 is 18.9 Å². The maximum Gasteiger partial charge on any atom is 0.287 e. The second kappa shape index (κ2) is 14.0. The molecule has 0 aliphatic carbocycles. The average molecular weight is 331 g/mol. The lowest BCUT2D eigenvalue weighted by atomic mass is 9.90. The van der Waals surface area contributed by atoms with Gasteiger partial charge in [0.2, 0.25) is 0 Å². The monoisotopic (exact) mass is 330 g/mol. The fourth-order valence-electron chi connectivity index (χ4n) is 3.15. The first-order valence-corrected chi connectivity index (χ1v) is 9.03. The normalized spacial score (nSPS) is 14.7. The maximum absolute atomic E-state index is 5.95. The summed E-state index contributed by atoms with van der Waals surface area (Å²) in [6.45, 7) is 8.62. The number of ether oxygens (including phenoxy) is 4. The van der Waals surface area contributed by atoms with Gasteiger partial charge in [-0.15, -0.1) is 6.58 Å². The number of rotatable bonds is 16. The predicted molar refractivity (Wildman–Crippen MR) is 95.5 cm³/mol. The topological polar surface area (TPSA) is 36.9 Å². The minimum absolute atomic E-state index is 0.0171. The van der Waals surface area contributed by atoms with E-state index >= 15 is 0 Å². The van der Waals surface area contributed by atoms with Crippen LogP contribution in [0.5, 0.6) is 0 Å². The van der Waals surface area contributed by atoms with Crippen LogP contribution in [-0.4, -0.2) is 40.0 Å². The molecular weight excluding hydrogens is 292 g/mol. The van der Waals surface area contributed by atoms with Gasteiger partial charge in [0, 0.05) is 21.3 Å². The van der Waals surface area contributed by atoms with Crippen LogP contribution < -0.4 is 0 Å². The van der Waals surface area contributed by atoms with Crippen LogP contribution in [-0.2, 0) is 18.9 Å². The first-order chi connectivity index (χ1) is 11.2. The van der Waals surface area contributed by atoms with Crippen molar-refractivity contribution in [1.82, 2.24) is 0 Å². The summed E-state index contributed by atoms with van der Waals surface area (Å²) in [6, 6.07) is 0. The molecule has 0 aliphatic rings. The van der Waals surface area contributed by atoms with E-state index in [2.05, 4.69) is 20.4 Å². The molecule has 0 aromatic heterocycles. The molecule has 0 aromatic rings. The first kappa shape index (κ1) is 22.6. The molecule has 0 spiro atoms. The number of unbranched alkanes of at least 4 members (excludes halogenated alkanes) is 5. The molecule has 0 bridgehead atoms. The van der Waals surface area contributed by atoms with E-state index < -0.39 is 5.97 Å². The molecule has 0 heterocycles. The minimum Gasteiger partial charge on any atom is -0.374 e. The molecule has 23 heavy (non-hydrogen) atoms. The van der Waals surface area contributed by atoms with E-state index in [4.69, 9.17) is 18.9 Å². The van der Waals surface area contributed by atoms with Gasteiger partial charge >= 0.3 is 0 Å². The Hall–Kier alpha value is -0.420. The molecule has 0 amide bonds. The van der Waals surface area contributed by atoms with Crippen LogP contribution in [0.4, 0.5) is 0 Å². The number of methoxy groups -OCH3 is 3. The van der Waals surface area contributed by atoms with Crippen molar-refractivity contribution in [3.05, 3.63) is 12.7 Å². The molecule has 2 atom stereocenters. The van der Waals surface area contributed by atoms with Gasteiger partial charge in [-0.3, -0.25) is 0 Å². The van der Waals surface area contributed by atoms with E-state index in [1.54, 1.807) is 27.4 Å². The Morgan fingerprint density at radius 2 is 1.48 bits per heavy atom. The summed E-state index contributed by atoms with van der Waals surface area (Å²) in [5, 5.41) is 0. The zero-order chi connectivity index (χ0) is 17.6. The van der Waals surface area contributed by atoms with Crippen molar-refractivity contribution in [2.24, 2.45) is 5.92 Å². The van der Waals surface area contributed by atoms with Gasteiger partial charge in [-0.2, -0.15) is 0 Å². The molecular formula is C19H38O4. The highest BCUT2D eigenvalue weighted by Crippen LogP contribution is 2.34. The van der Waals surface area contributed by atoms with Crippen LogP contribution in [0.1, 0.15) is 65.2 Å². The van der Waals surface area contributed by atoms with Gasteiger partial charge in [0.1, 0.15) is 0 Å². The molecule has 0 saturated carbocycles. The number of hydrogen-bond donors (Lipinski definition) is 0. The lowest BCUT2D eigenvalue weighted by molar-refractivity contribution is -0.390. The third-order valence-corrected chi connectivity index (χ3v) is 4.46. The zero-order valence-electron chi connectivity index (χ0n) is 15.9. The standard InChI is InChI=1S/C19H38O4/c1-7-10-11-12-13-14-15-17(18(9-3)23-16-8-2)19(20-4,21-5)22-6/h8,17-18H,2,7,9-16H2,1,3-6H3. The summed E-state index contributed by atoms with van der Waals surface area (Å²) in [5.41, 5.74) is 0. The van der Waals surface area contributed by atoms with Crippen LogP contribution in [0, 0.1) is 5.92 Å². The fraction of sp³-hybridized carbons (Fsp3) is 0.895. The van der Waals surface area contributed by atoms with Gasteiger partial charge in [-0.1, -0.05) is 58.4 Å². The molecule has 4 nitrogen and oxygen atoms in total. The van der Waals surface area contributed by atoms with Crippen molar-refractivity contribution in [2.45, 2.75) is 77.3 Å². The van der Waals surface area contributed by atoms with E-state index in [0.29, 0.717) is 6.61 Å². The molecule has 0 rings (SSSR count). The zero-order valence-corrected chi connectivity index (χ0v) is 15.9. The van der Waals surface area contributed by atoms with Gasteiger partial charge in [-0.25, -0.2) is 0 Å². The van der Waals surface area contributed by atoms with E-state index in [1.165, 1.54) is 32.1 Å². The molecule has 138 valence electrons. The summed E-state index contributed by atoms with van der Waals surface area (Å²) in [4.78, 5) is 0. The van der Waals surface area contributed by atoms with Crippen molar-refractivity contribution < 1.29 is 18.9 Å². The Labute approximate surface area is 143 Å². The van der Waals surface area contributed by atoms with Crippen molar-refractivity contribution in [1.29, 1.82) is 0 Å². The quantitative estimate of drug-likeness (QED) is 0.228. The molecule has 0 N–H and O–H groups in total. The summed E-state index contributed by atoms with van der Waals surface area (Å²) < 4.78 is 22.8. The van der Waals surface area contributed by atoms with Gasteiger partial charge in [0.25, 0.3) is 5.97 Å².